The van der Waals surface area contributed by atoms with Gasteiger partial charge < -0.3 is 10.6 Å². The van der Waals surface area contributed by atoms with Gasteiger partial charge in [0.25, 0.3) is 0 Å². The third kappa shape index (κ3) is 5.66. The van der Waals surface area contributed by atoms with Crippen molar-refractivity contribution >= 4 is 23.1 Å². The van der Waals surface area contributed by atoms with Crippen LogP contribution in [0, 0.1) is 5.82 Å². The number of benzene rings is 2. The van der Waals surface area contributed by atoms with Crippen LogP contribution in [0.5, 0.6) is 0 Å². The van der Waals surface area contributed by atoms with Gasteiger partial charge in [-0.15, -0.1) is 0 Å². The van der Waals surface area contributed by atoms with Crippen molar-refractivity contribution in [3.63, 3.8) is 0 Å². The molecule has 1 heterocycles. The van der Waals surface area contributed by atoms with E-state index in [0.717, 1.165) is 37.6 Å². The van der Waals surface area contributed by atoms with Crippen LogP contribution < -0.4 is 10.6 Å². The summed E-state index contributed by atoms with van der Waals surface area (Å²) in [5.41, 5.74) is 1.12. The number of rotatable bonds is 7. The first-order valence-electron chi connectivity index (χ1n) is 9.18. The fraction of sp³-hybridized carbons (Fsp3) is 0.238. The van der Waals surface area contributed by atoms with Crippen molar-refractivity contribution in [2.24, 2.45) is 0 Å². The van der Waals surface area contributed by atoms with Crippen LogP contribution in [-0.4, -0.2) is 9.97 Å². The van der Waals surface area contributed by atoms with Crippen LogP contribution in [0.2, 0.25) is 0 Å². The highest BCUT2D eigenvalue weighted by atomic mass is 19.4. The van der Waals surface area contributed by atoms with Crippen molar-refractivity contribution in [3.05, 3.63) is 71.7 Å². The number of aryl methyl sites for hydroxylation is 1. The van der Waals surface area contributed by atoms with Gasteiger partial charge in [-0.05, 0) is 54.8 Å². The Bertz CT molecular complexity index is 938. The quantitative estimate of drug-likeness (QED) is 0.444. The largest absolute Gasteiger partial charge is 0.421 e. The van der Waals surface area contributed by atoms with E-state index < -0.39 is 23.4 Å². The molecule has 0 radical (unpaired) electrons. The van der Waals surface area contributed by atoms with Crippen molar-refractivity contribution in [1.29, 1.82) is 0 Å². The molecule has 0 bridgehead atoms. The number of unbranched alkanes of at least 4 members (excludes halogenated alkanes) is 1. The van der Waals surface area contributed by atoms with E-state index in [9.17, 15) is 17.6 Å². The predicted octanol–water partition coefficient (Wildman–Crippen LogP) is 6.46. The standard InChI is InChI=1S/C21H20F4N4/c1-2-3-4-14-5-9-17(10-6-14)28-20-26-13-18(21(23,24)25)19(29-20)27-16-11-7-15(22)8-12-16/h5-13H,2-4H2,1H3,(H2,26,27,28,29). The summed E-state index contributed by atoms with van der Waals surface area (Å²) in [4.78, 5) is 7.76. The number of nitrogens with zero attached hydrogens (tertiary/aromatic N) is 2. The smallest absolute Gasteiger partial charge is 0.340 e. The summed E-state index contributed by atoms with van der Waals surface area (Å²) >= 11 is 0. The molecule has 0 saturated carbocycles. The molecule has 2 aromatic carbocycles. The van der Waals surface area contributed by atoms with E-state index in [0.29, 0.717) is 5.69 Å². The van der Waals surface area contributed by atoms with Crippen LogP contribution in [0.25, 0.3) is 0 Å². The lowest BCUT2D eigenvalue weighted by molar-refractivity contribution is -0.137. The Morgan fingerprint density at radius 2 is 1.52 bits per heavy atom. The van der Waals surface area contributed by atoms with Crippen LogP contribution in [0.4, 0.5) is 40.7 Å². The van der Waals surface area contributed by atoms with Gasteiger partial charge in [0, 0.05) is 17.6 Å². The lowest BCUT2D eigenvalue weighted by atomic mass is 10.1. The maximum absolute atomic E-state index is 13.3. The predicted molar refractivity (Wildman–Crippen MR) is 105 cm³/mol. The topological polar surface area (TPSA) is 49.8 Å². The first-order chi connectivity index (χ1) is 13.8. The van der Waals surface area contributed by atoms with E-state index in [2.05, 4.69) is 27.5 Å². The van der Waals surface area contributed by atoms with Gasteiger partial charge in [0.05, 0.1) is 0 Å². The third-order valence-electron chi connectivity index (χ3n) is 4.23. The molecule has 4 nitrogen and oxygen atoms in total. The Morgan fingerprint density at radius 3 is 2.14 bits per heavy atom. The molecule has 0 aliphatic carbocycles. The second-order valence-electron chi connectivity index (χ2n) is 6.51. The van der Waals surface area contributed by atoms with Crippen LogP contribution in [-0.2, 0) is 12.6 Å². The zero-order valence-electron chi connectivity index (χ0n) is 15.7. The number of hydrogen-bond acceptors (Lipinski definition) is 4. The van der Waals surface area contributed by atoms with Crippen molar-refractivity contribution < 1.29 is 17.6 Å². The second-order valence-corrected chi connectivity index (χ2v) is 6.51. The highest BCUT2D eigenvalue weighted by Gasteiger charge is 2.35. The first-order valence-corrected chi connectivity index (χ1v) is 9.18. The van der Waals surface area contributed by atoms with Gasteiger partial charge in [-0.3, -0.25) is 0 Å². The van der Waals surface area contributed by atoms with Crippen LogP contribution >= 0.6 is 0 Å². The summed E-state index contributed by atoms with van der Waals surface area (Å²) in [7, 11) is 0. The summed E-state index contributed by atoms with van der Waals surface area (Å²) in [5.74, 6) is -0.885. The monoisotopic (exact) mass is 404 g/mol. The number of anilines is 4. The molecule has 0 unspecified atom stereocenters. The van der Waals surface area contributed by atoms with Crippen molar-refractivity contribution in [3.8, 4) is 0 Å². The normalized spacial score (nSPS) is 11.3. The lowest BCUT2D eigenvalue weighted by Gasteiger charge is -2.15. The fourth-order valence-corrected chi connectivity index (χ4v) is 2.68. The van der Waals surface area contributed by atoms with E-state index in [1.165, 1.54) is 17.7 Å². The molecular weight excluding hydrogens is 384 g/mol. The van der Waals surface area contributed by atoms with Gasteiger partial charge in [0.1, 0.15) is 17.2 Å². The van der Waals surface area contributed by atoms with Crippen molar-refractivity contribution in [2.75, 3.05) is 10.6 Å². The molecule has 152 valence electrons. The van der Waals surface area contributed by atoms with E-state index in [4.69, 9.17) is 0 Å². The Hall–Kier alpha value is -3.16. The van der Waals surface area contributed by atoms with E-state index >= 15 is 0 Å². The summed E-state index contributed by atoms with van der Waals surface area (Å²) in [6.45, 7) is 2.12. The van der Waals surface area contributed by atoms with E-state index in [-0.39, 0.29) is 11.6 Å². The van der Waals surface area contributed by atoms with Crippen LogP contribution in [0.15, 0.2) is 54.7 Å². The second kappa shape index (κ2) is 8.89. The average Bonchev–Trinajstić information content (AvgIpc) is 2.68. The number of alkyl halides is 3. The van der Waals surface area contributed by atoms with E-state index in [1.807, 2.05) is 24.3 Å². The average molecular weight is 404 g/mol. The Balaban J connectivity index is 1.83. The minimum Gasteiger partial charge on any atom is -0.340 e. The van der Waals surface area contributed by atoms with Crippen molar-refractivity contribution in [1.82, 2.24) is 9.97 Å². The molecule has 3 rings (SSSR count). The van der Waals surface area contributed by atoms with Crippen LogP contribution in [0.1, 0.15) is 30.9 Å². The molecule has 0 spiro atoms. The summed E-state index contributed by atoms with van der Waals surface area (Å²) in [5, 5.41) is 5.50. The zero-order valence-corrected chi connectivity index (χ0v) is 15.7. The Labute approximate surface area is 166 Å². The number of nitrogens with one attached hydrogen (secondary N) is 2. The lowest BCUT2D eigenvalue weighted by Crippen LogP contribution is -2.12. The molecule has 8 heteroatoms. The van der Waals surface area contributed by atoms with Gasteiger partial charge in [-0.2, -0.15) is 18.2 Å². The molecule has 0 aliphatic heterocycles. The molecule has 0 fully saturated rings. The minimum atomic E-state index is -4.64. The fourth-order valence-electron chi connectivity index (χ4n) is 2.68. The van der Waals surface area contributed by atoms with Gasteiger partial charge in [0.2, 0.25) is 5.95 Å². The maximum Gasteiger partial charge on any atom is 0.421 e. The maximum atomic E-state index is 13.3. The number of halogens is 4. The molecular formula is C21H20F4N4. The molecule has 29 heavy (non-hydrogen) atoms. The number of hydrogen-bond donors (Lipinski definition) is 2. The van der Waals surface area contributed by atoms with E-state index in [1.54, 1.807) is 0 Å². The molecule has 1 aromatic heterocycles. The minimum absolute atomic E-state index is 0.0175. The van der Waals surface area contributed by atoms with Gasteiger partial charge >= 0.3 is 6.18 Å². The SMILES string of the molecule is CCCCc1ccc(Nc2ncc(C(F)(F)F)c(Nc3ccc(F)cc3)n2)cc1. The molecule has 0 saturated heterocycles. The molecule has 2 N–H and O–H groups in total. The summed E-state index contributed by atoms with van der Waals surface area (Å²) in [6.07, 6.45) is -0.756. The number of aromatic nitrogens is 2. The highest BCUT2D eigenvalue weighted by molar-refractivity contribution is 5.62. The van der Waals surface area contributed by atoms with Crippen molar-refractivity contribution in [2.45, 2.75) is 32.4 Å². The van der Waals surface area contributed by atoms with Gasteiger partial charge in [0.15, 0.2) is 0 Å². The van der Waals surface area contributed by atoms with Gasteiger partial charge in [-0.25, -0.2) is 9.37 Å². The van der Waals surface area contributed by atoms with Gasteiger partial charge in [-0.1, -0.05) is 25.5 Å². The first kappa shape index (κ1) is 20.6. The molecule has 0 aliphatic rings. The summed E-state index contributed by atoms with van der Waals surface area (Å²) in [6, 6.07) is 12.5. The molecule has 0 atom stereocenters. The summed E-state index contributed by atoms with van der Waals surface area (Å²) < 4.78 is 53.0. The Kier molecular flexibility index (Phi) is 6.31. The molecule has 0 amide bonds. The Morgan fingerprint density at radius 1 is 0.897 bits per heavy atom. The highest BCUT2D eigenvalue weighted by Crippen LogP contribution is 2.35. The third-order valence-corrected chi connectivity index (χ3v) is 4.23. The molecule has 3 aromatic rings. The van der Waals surface area contributed by atoms with Crippen LogP contribution in [0.3, 0.4) is 0 Å². The zero-order chi connectivity index (χ0) is 20.9.